The Hall–Kier alpha value is -4.15. The average molecular weight is 636 g/mol. The molecule has 2 saturated heterocycles. The molecule has 1 aromatic carbocycles. The van der Waals surface area contributed by atoms with E-state index in [0.717, 1.165) is 10.9 Å². The summed E-state index contributed by atoms with van der Waals surface area (Å²) in [5.74, 6) is -0.990. The minimum Gasteiger partial charge on any atom is -0.390 e. The minimum absolute atomic E-state index is 0.0548. The molecule has 6 rings (SSSR count). The Labute approximate surface area is 253 Å². The highest BCUT2D eigenvalue weighted by Crippen LogP contribution is 2.45. The number of fused-ring (bicyclic) bond motifs is 1. The number of piperidine rings is 1. The van der Waals surface area contributed by atoms with Gasteiger partial charge in [-0.25, -0.2) is 9.78 Å². The van der Waals surface area contributed by atoms with E-state index in [9.17, 15) is 32.7 Å². The molecule has 1 aliphatic carbocycles. The topological polar surface area (TPSA) is 158 Å². The number of aromatic nitrogens is 4. The van der Waals surface area contributed by atoms with E-state index in [1.165, 1.54) is 43.1 Å². The molecule has 5 atom stereocenters. The van der Waals surface area contributed by atoms with Crippen LogP contribution in [0, 0.1) is 11.8 Å². The molecule has 2 aliphatic heterocycles. The van der Waals surface area contributed by atoms with Crippen LogP contribution >= 0.6 is 11.6 Å². The van der Waals surface area contributed by atoms with Gasteiger partial charge in [0.2, 0.25) is 0 Å². The third-order valence-corrected chi connectivity index (χ3v) is 8.62. The average Bonchev–Trinajstić information content (AvgIpc) is 3.50. The number of β-amino-alcohol motifs (C(OH)–C–C–N with tert-alkyl or cyclic N) is 1. The minimum atomic E-state index is -4.69. The molecule has 1 saturated carbocycles. The number of alkyl halides is 3. The first kappa shape index (κ1) is 29.9. The van der Waals surface area contributed by atoms with Crippen molar-refractivity contribution in [3.05, 3.63) is 52.7 Å². The van der Waals surface area contributed by atoms with E-state index in [0.29, 0.717) is 26.2 Å². The number of imidazole rings is 1. The third-order valence-electron chi connectivity index (χ3n) is 8.31. The predicted molar refractivity (Wildman–Crippen MR) is 151 cm³/mol. The number of nitrogens with zero attached hydrogens (tertiary/aromatic N) is 5. The molecule has 0 radical (unpaired) electrons. The molecular formula is C27H29ClF3N9O4. The summed E-state index contributed by atoms with van der Waals surface area (Å²) in [6.45, 7) is 1.93. The molecule has 4 amide bonds. The molecule has 0 spiro atoms. The maximum atomic E-state index is 13.5. The number of carbonyl (C=O) groups is 3. The summed E-state index contributed by atoms with van der Waals surface area (Å²) in [5, 5.41) is 24.9. The number of carbonyl (C=O) groups excluding carboxylic acids is 3. The van der Waals surface area contributed by atoms with Crippen molar-refractivity contribution in [1.82, 2.24) is 40.2 Å². The number of halogens is 4. The first-order chi connectivity index (χ1) is 20.8. The van der Waals surface area contributed by atoms with Crippen LogP contribution in [0.15, 0.2) is 30.6 Å². The third kappa shape index (κ3) is 5.59. The smallest absolute Gasteiger partial charge is 0.390 e. The van der Waals surface area contributed by atoms with Gasteiger partial charge in [0, 0.05) is 70.0 Å². The predicted octanol–water partition coefficient (Wildman–Crippen LogP) is 1.45. The lowest BCUT2D eigenvalue weighted by atomic mass is 10.2. The van der Waals surface area contributed by atoms with Crippen LogP contribution in [0.4, 0.5) is 23.7 Å². The maximum Gasteiger partial charge on any atom is 0.435 e. The molecule has 1 unspecified atom stereocenters. The summed E-state index contributed by atoms with van der Waals surface area (Å²) in [6, 6.07) is 3.67. The van der Waals surface area contributed by atoms with Gasteiger partial charge < -0.3 is 35.8 Å². The fourth-order valence-electron chi connectivity index (χ4n) is 5.92. The number of likely N-dealkylation sites (tertiary alicyclic amines) is 1. The fraction of sp³-hybridized carbons (Fsp3) is 0.444. The Morgan fingerprint density at radius 3 is 2.45 bits per heavy atom. The highest BCUT2D eigenvalue weighted by atomic mass is 35.5. The number of hydrogen-bond donors (Lipinski definition) is 5. The van der Waals surface area contributed by atoms with Gasteiger partial charge in [-0.15, -0.1) is 0 Å². The van der Waals surface area contributed by atoms with E-state index in [1.54, 1.807) is 4.90 Å². The highest BCUT2D eigenvalue weighted by molar-refractivity contribution is 6.34. The van der Waals surface area contributed by atoms with E-state index in [4.69, 9.17) is 11.6 Å². The van der Waals surface area contributed by atoms with Gasteiger partial charge in [-0.3, -0.25) is 14.3 Å². The number of aryl methyl sites for hydroxylation is 1. The highest BCUT2D eigenvalue weighted by Gasteiger charge is 2.57. The van der Waals surface area contributed by atoms with Gasteiger partial charge in [0.15, 0.2) is 11.5 Å². The molecule has 234 valence electrons. The number of nitrogens with one attached hydrogen (secondary N) is 4. The fourth-order valence-corrected chi connectivity index (χ4v) is 6.18. The monoisotopic (exact) mass is 635 g/mol. The van der Waals surface area contributed by atoms with Crippen LogP contribution in [-0.4, -0.2) is 91.6 Å². The van der Waals surface area contributed by atoms with E-state index < -0.39 is 29.8 Å². The summed E-state index contributed by atoms with van der Waals surface area (Å²) in [7, 11) is 2.78. The number of aliphatic hydroxyl groups is 1. The second-order valence-corrected chi connectivity index (χ2v) is 11.7. The van der Waals surface area contributed by atoms with Crippen LogP contribution in [-0.2, 0) is 20.3 Å². The van der Waals surface area contributed by atoms with Crippen molar-refractivity contribution in [2.75, 3.05) is 31.5 Å². The largest absolute Gasteiger partial charge is 0.435 e. The quantitative estimate of drug-likeness (QED) is 0.274. The number of aliphatic hydroxyl groups excluding tert-OH is 1. The van der Waals surface area contributed by atoms with Crippen molar-refractivity contribution in [2.24, 2.45) is 25.9 Å². The van der Waals surface area contributed by atoms with Crippen molar-refractivity contribution in [3.63, 3.8) is 0 Å². The van der Waals surface area contributed by atoms with Crippen molar-refractivity contribution in [3.8, 4) is 11.3 Å². The van der Waals surface area contributed by atoms with Gasteiger partial charge in [0.25, 0.3) is 11.8 Å². The van der Waals surface area contributed by atoms with Crippen molar-refractivity contribution in [2.45, 2.75) is 24.4 Å². The number of urea groups is 1. The molecule has 3 aromatic rings. The lowest BCUT2D eigenvalue weighted by molar-refractivity contribution is -0.141. The van der Waals surface area contributed by atoms with Crippen molar-refractivity contribution in [1.29, 1.82) is 0 Å². The normalized spacial score (nSPS) is 24.2. The van der Waals surface area contributed by atoms with Crippen LogP contribution in [0.1, 0.15) is 26.7 Å². The van der Waals surface area contributed by atoms with Crippen LogP contribution in [0.25, 0.3) is 11.3 Å². The lowest BCUT2D eigenvalue weighted by Crippen LogP contribution is -2.49. The van der Waals surface area contributed by atoms with Crippen molar-refractivity contribution < 1.29 is 32.7 Å². The lowest BCUT2D eigenvalue weighted by Gasteiger charge is -2.24. The zero-order valence-electron chi connectivity index (χ0n) is 23.5. The first-order valence-electron chi connectivity index (χ1n) is 13.8. The molecule has 5 N–H and O–H groups in total. The maximum absolute atomic E-state index is 13.5. The van der Waals surface area contributed by atoms with E-state index in [2.05, 4.69) is 31.3 Å². The number of benzene rings is 1. The summed E-state index contributed by atoms with van der Waals surface area (Å²) < 4.78 is 42.6. The SMILES string of the molecule is Cn1cc(-c2cnc(C(=O)Nc3ccc(C(=O)NC4[C@H]5CN(C(=O)N[C@@H]6CNC[C@H]6O)C[C@@H]45)c(Cl)c3)n2C)c(C(F)(F)F)n1. The number of anilines is 1. The zero-order chi connectivity index (χ0) is 31.5. The standard InChI is InChI=1S/C27H29ClF3N9O4/c1-38-9-16(22(37-38)27(29,30)31)19-7-33-23(39(19)2)25(43)34-12-3-4-13(17(28)5-12)24(42)36-21-14-10-40(11-15(14)21)26(44)35-18-6-32-8-20(18)41/h3-5,7,9,14-15,18,20-21,32,41H,6,8,10-11H2,1-2H3,(H,34,43)(H,35,44)(H,36,42)/t14-,15+,18-,20-,21?/m1/s1. The Kier molecular flexibility index (Phi) is 7.53. The molecule has 13 nitrogen and oxygen atoms in total. The van der Waals surface area contributed by atoms with Gasteiger partial charge in [-0.05, 0) is 18.2 Å². The Balaban J connectivity index is 1.05. The second kappa shape index (κ2) is 11.1. The number of hydrogen-bond acceptors (Lipinski definition) is 7. The van der Waals surface area contributed by atoms with Gasteiger partial charge in [0.1, 0.15) is 0 Å². The van der Waals surface area contributed by atoms with Gasteiger partial charge in [-0.2, -0.15) is 18.3 Å². The Morgan fingerprint density at radius 1 is 1.09 bits per heavy atom. The molecular weight excluding hydrogens is 607 g/mol. The molecule has 3 aliphatic rings. The van der Waals surface area contributed by atoms with Crippen LogP contribution < -0.4 is 21.3 Å². The van der Waals surface area contributed by atoms with Crippen LogP contribution in [0.2, 0.25) is 5.02 Å². The number of rotatable bonds is 6. The van der Waals surface area contributed by atoms with E-state index in [-0.39, 0.29) is 63.3 Å². The summed E-state index contributed by atoms with van der Waals surface area (Å²) >= 11 is 6.38. The van der Waals surface area contributed by atoms with Crippen LogP contribution in [0.5, 0.6) is 0 Å². The van der Waals surface area contributed by atoms with Crippen molar-refractivity contribution >= 4 is 35.1 Å². The van der Waals surface area contributed by atoms with Gasteiger partial charge >= 0.3 is 12.2 Å². The Bertz CT molecular complexity index is 1630. The molecule has 0 bridgehead atoms. The molecule has 2 aromatic heterocycles. The van der Waals surface area contributed by atoms with Gasteiger partial charge in [0.05, 0.1) is 40.2 Å². The summed E-state index contributed by atoms with van der Waals surface area (Å²) in [4.78, 5) is 44.1. The van der Waals surface area contributed by atoms with Gasteiger partial charge in [-0.1, -0.05) is 11.6 Å². The molecule has 4 heterocycles. The first-order valence-corrected chi connectivity index (χ1v) is 14.2. The second-order valence-electron chi connectivity index (χ2n) is 11.3. The molecule has 3 fully saturated rings. The zero-order valence-corrected chi connectivity index (χ0v) is 24.3. The summed E-state index contributed by atoms with van der Waals surface area (Å²) in [5.41, 5.74) is -0.802. The number of amides is 4. The van der Waals surface area contributed by atoms with E-state index in [1.807, 2.05) is 0 Å². The molecule has 44 heavy (non-hydrogen) atoms. The van der Waals surface area contributed by atoms with Crippen LogP contribution in [0.3, 0.4) is 0 Å². The Morgan fingerprint density at radius 2 is 1.82 bits per heavy atom. The summed E-state index contributed by atoms with van der Waals surface area (Å²) in [6.07, 6.45) is -2.95. The molecule has 17 heteroatoms. The van der Waals surface area contributed by atoms with E-state index >= 15 is 0 Å².